The second-order valence-electron chi connectivity index (χ2n) is 4.96. The number of hydrogen-bond acceptors (Lipinski definition) is 6. The minimum atomic E-state index is -0.261. The predicted octanol–water partition coefficient (Wildman–Crippen LogP) is 2.78. The first-order valence-electron chi connectivity index (χ1n) is 6.89. The molecule has 0 amide bonds. The van der Waals surface area contributed by atoms with Gasteiger partial charge in [-0.15, -0.1) is 0 Å². The van der Waals surface area contributed by atoms with Crippen molar-refractivity contribution in [1.82, 2.24) is 9.97 Å². The van der Waals surface area contributed by atoms with E-state index in [2.05, 4.69) is 15.3 Å². The maximum atomic E-state index is 5.99. The molecular weight excluding hydrogens is 286 g/mol. The Morgan fingerprint density at radius 2 is 2.05 bits per heavy atom. The second-order valence-corrected chi connectivity index (χ2v) is 5.95. The highest BCUT2D eigenvalue weighted by molar-refractivity contribution is 7.98. The van der Waals surface area contributed by atoms with Crippen LogP contribution in [0.1, 0.15) is 23.2 Å². The largest absolute Gasteiger partial charge is 0.485 e. The summed E-state index contributed by atoms with van der Waals surface area (Å²) in [7, 11) is 1.89. The van der Waals surface area contributed by atoms with Crippen LogP contribution in [0.4, 0.5) is 5.82 Å². The maximum absolute atomic E-state index is 5.99. The molecule has 108 valence electrons. The number of anilines is 1. The first-order valence-corrected chi connectivity index (χ1v) is 8.04. The van der Waals surface area contributed by atoms with Gasteiger partial charge >= 0.3 is 0 Å². The van der Waals surface area contributed by atoms with E-state index in [0.29, 0.717) is 12.4 Å². The Balaban J connectivity index is 1.69. The van der Waals surface area contributed by atoms with Crippen LogP contribution in [0.15, 0.2) is 24.3 Å². The van der Waals surface area contributed by atoms with Gasteiger partial charge in [0.2, 0.25) is 0 Å². The van der Waals surface area contributed by atoms with Gasteiger partial charge in [-0.05, 0) is 12.1 Å². The topological polar surface area (TPSA) is 56.3 Å². The van der Waals surface area contributed by atoms with E-state index in [0.717, 1.165) is 34.5 Å². The van der Waals surface area contributed by atoms with Gasteiger partial charge in [0, 0.05) is 24.1 Å². The molecule has 0 saturated carbocycles. The zero-order chi connectivity index (χ0) is 14.2. The Morgan fingerprint density at radius 3 is 2.90 bits per heavy atom. The summed E-state index contributed by atoms with van der Waals surface area (Å²) in [6, 6.07) is 7.68. The van der Waals surface area contributed by atoms with Gasteiger partial charge in [0.15, 0.2) is 23.4 Å². The fraction of sp³-hybridized carbons (Fsp3) is 0.333. The number of thioether (sulfide) groups is 1. The molecule has 3 heterocycles. The summed E-state index contributed by atoms with van der Waals surface area (Å²) in [4.78, 5) is 9.30. The SMILES string of the molecule is CNc1nc(C2COc3ccccc3O2)nc2c1CSC2. The summed E-state index contributed by atoms with van der Waals surface area (Å²) in [6.07, 6.45) is -0.261. The monoisotopic (exact) mass is 301 g/mol. The fourth-order valence-corrected chi connectivity index (χ4v) is 3.61. The third-order valence-corrected chi connectivity index (χ3v) is 4.60. The van der Waals surface area contributed by atoms with Crippen molar-refractivity contribution in [3.05, 3.63) is 41.3 Å². The molecule has 6 heteroatoms. The van der Waals surface area contributed by atoms with E-state index >= 15 is 0 Å². The van der Waals surface area contributed by atoms with E-state index in [1.165, 1.54) is 5.56 Å². The van der Waals surface area contributed by atoms with Crippen molar-refractivity contribution in [2.75, 3.05) is 19.0 Å². The Bertz CT molecular complexity index is 693. The number of hydrogen-bond donors (Lipinski definition) is 1. The van der Waals surface area contributed by atoms with Gasteiger partial charge in [-0.2, -0.15) is 11.8 Å². The van der Waals surface area contributed by atoms with Crippen molar-refractivity contribution < 1.29 is 9.47 Å². The predicted molar refractivity (Wildman–Crippen MR) is 81.9 cm³/mol. The Kier molecular flexibility index (Phi) is 3.11. The normalized spacial score (nSPS) is 19.2. The van der Waals surface area contributed by atoms with E-state index in [4.69, 9.17) is 9.47 Å². The number of nitrogens with one attached hydrogen (secondary N) is 1. The molecule has 2 aliphatic heterocycles. The number of ether oxygens (including phenoxy) is 2. The van der Waals surface area contributed by atoms with E-state index in [1.807, 2.05) is 43.1 Å². The first kappa shape index (κ1) is 12.8. The first-order chi connectivity index (χ1) is 10.3. The van der Waals surface area contributed by atoms with Crippen molar-refractivity contribution in [3.8, 4) is 11.5 Å². The third kappa shape index (κ3) is 2.19. The van der Waals surface area contributed by atoms with Crippen molar-refractivity contribution in [1.29, 1.82) is 0 Å². The van der Waals surface area contributed by atoms with Crippen LogP contribution in [0.25, 0.3) is 0 Å². The molecule has 1 N–H and O–H groups in total. The van der Waals surface area contributed by atoms with Crippen LogP contribution in [0.5, 0.6) is 11.5 Å². The highest BCUT2D eigenvalue weighted by Crippen LogP contribution is 2.37. The molecule has 1 unspecified atom stereocenters. The summed E-state index contributed by atoms with van der Waals surface area (Å²) in [5.74, 6) is 5.02. The second kappa shape index (κ2) is 5.11. The highest BCUT2D eigenvalue weighted by atomic mass is 32.2. The fourth-order valence-electron chi connectivity index (χ4n) is 2.57. The average Bonchev–Trinajstić information content (AvgIpc) is 3.02. The van der Waals surface area contributed by atoms with Gasteiger partial charge < -0.3 is 14.8 Å². The van der Waals surface area contributed by atoms with Gasteiger partial charge in [-0.3, -0.25) is 0 Å². The maximum Gasteiger partial charge on any atom is 0.192 e. The molecule has 0 fully saturated rings. The van der Waals surface area contributed by atoms with E-state index in [-0.39, 0.29) is 6.10 Å². The van der Waals surface area contributed by atoms with Crippen LogP contribution < -0.4 is 14.8 Å². The minimum absolute atomic E-state index is 0.261. The Morgan fingerprint density at radius 1 is 1.19 bits per heavy atom. The van der Waals surface area contributed by atoms with Crippen LogP contribution in [0.3, 0.4) is 0 Å². The minimum Gasteiger partial charge on any atom is -0.485 e. The molecule has 4 rings (SSSR count). The number of para-hydroxylation sites is 2. The summed E-state index contributed by atoms with van der Waals surface area (Å²) in [5.41, 5.74) is 2.32. The summed E-state index contributed by atoms with van der Waals surface area (Å²) < 4.78 is 11.7. The van der Waals surface area contributed by atoms with Crippen LogP contribution >= 0.6 is 11.8 Å². The number of nitrogens with zero attached hydrogens (tertiary/aromatic N) is 2. The summed E-state index contributed by atoms with van der Waals surface area (Å²) in [5, 5.41) is 3.17. The smallest absolute Gasteiger partial charge is 0.192 e. The van der Waals surface area contributed by atoms with Gasteiger partial charge in [0.1, 0.15) is 12.4 Å². The van der Waals surface area contributed by atoms with Crippen LogP contribution in [-0.4, -0.2) is 23.6 Å². The lowest BCUT2D eigenvalue weighted by molar-refractivity contribution is 0.0850. The van der Waals surface area contributed by atoms with Crippen molar-refractivity contribution in [2.24, 2.45) is 0 Å². The lowest BCUT2D eigenvalue weighted by atomic mass is 10.2. The van der Waals surface area contributed by atoms with Gasteiger partial charge in [0.25, 0.3) is 0 Å². The molecule has 0 aliphatic carbocycles. The number of rotatable bonds is 2. The van der Waals surface area contributed by atoms with Gasteiger partial charge in [-0.25, -0.2) is 9.97 Å². The molecule has 0 bridgehead atoms. The summed E-state index contributed by atoms with van der Waals surface area (Å²) in [6.45, 7) is 0.437. The van der Waals surface area contributed by atoms with Crippen LogP contribution in [-0.2, 0) is 11.5 Å². The molecule has 2 aliphatic rings. The lowest BCUT2D eigenvalue weighted by Gasteiger charge is -2.26. The molecule has 0 radical (unpaired) electrons. The zero-order valence-corrected chi connectivity index (χ0v) is 12.4. The van der Waals surface area contributed by atoms with Crippen molar-refractivity contribution >= 4 is 17.6 Å². The quantitative estimate of drug-likeness (QED) is 0.920. The lowest BCUT2D eigenvalue weighted by Crippen LogP contribution is -2.24. The molecule has 1 atom stereocenters. The summed E-state index contributed by atoms with van der Waals surface area (Å²) >= 11 is 1.86. The zero-order valence-electron chi connectivity index (χ0n) is 11.6. The highest BCUT2D eigenvalue weighted by Gasteiger charge is 2.28. The van der Waals surface area contributed by atoms with Crippen molar-refractivity contribution in [2.45, 2.75) is 17.6 Å². The van der Waals surface area contributed by atoms with Crippen LogP contribution in [0.2, 0.25) is 0 Å². The number of benzene rings is 1. The third-order valence-electron chi connectivity index (χ3n) is 3.63. The molecule has 0 spiro atoms. The molecule has 0 saturated heterocycles. The Hall–Kier alpha value is -1.95. The molecular formula is C15H15N3O2S. The molecule has 2 aromatic rings. The molecule has 1 aromatic carbocycles. The van der Waals surface area contributed by atoms with Gasteiger partial charge in [-0.1, -0.05) is 12.1 Å². The van der Waals surface area contributed by atoms with Crippen LogP contribution in [0, 0.1) is 0 Å². The average molecular weight is 301 g/mol. The number of fused-ring (bicyclic) bond motifs is 2. The Labute approximate surface area is 127 Å². The number of aromatic nitrogens is 2. The molecule has 21 heavy (non-hydrogen) atoms. The van der Waals surface area contributed by atoms with E-state index in [9.17, 15) is 0 Å². The van der Waals surface area contributed by atoms with Gasteiger partial charge in [0.05, 0.1) is 5.69 Å². The standard InChI is InChI=1S/C15H15N3O2S/c1-16-14-9-7-21-8-10(9)17-15(18-14)13-6-19-11-4-2-3-5-12(11)20-13/h2-5,13H,6-8H2,1H3,(H,16,17,18). The molecule has 5 nitrogen and oxygen atoms in total. The van der Waals surface area contributed by atoms with E-state index < -0.39 is 0 Å². The van der Waals surface area contributed by atoms with Crippen molar-refractivity contribution in [3.63, 3.8) is 0 Å². The molecule has 1 aromatic heterocycles. The van der Waals surface area contributed by atoms with E-state index in [1.54, 1.807) is 0 Å².